The zero-order chi connectivity index (χ0) is 16.3. The maximum atomic E-state index is 2.45. The first-order valence-electron chi connectivity index (χ1n) is 9.88. The Morgan fingerprint density at radius 2 is 0.952 bits per heavy atom. The second kappa shape index (κ2) is 20.0. The monoisotopic (exact) mass is 299 g/mol. The highest BCUT2D eigenvalue weighted by molar-refractivity contribution is 4.57. The van der Waals surface area contributed by atoms with Gasteiger partial charge in [-0.25, -0.2) is 0 Å². The molecule has 0 saturated heterocycles. The van der Waals surface area contributed by atoms with Crippen molar-refractivity contribution in [3.63, 3.8) is 0 Å². The quantitative estimate of drug-likeness (QED) is 0.310. The molecule has 0 aromatic heterocycles. The van der Waals surface area contributed by atoms with E-state index < -0.39 is 0 Å². The Labute approximate surface area is 136 Å². The van der Waals surface area contributed by atoms with Crippen molar-refractivity contribution >= 4 is 0 Å². The van der Waals surface area contributed by atoms with Gasteiger partial charge in [0.25, 0.3) is 0 Å². The lowest BCUT2D eigenvalue weighted by atomic mass is 10.1. The van der Waals surface area contributed by atoms with E-state index in [1.807, 2.05) is 13.8 Å². The molecular weight excluding hydrogens is 254 g/mol. The maximum Gasteiger partial charge on any atom is 0.00355 e. The van der Waals surface area contributed by atoms with Gasteiger partial charge < -0.3 is 4.90 Å². The van der Waals surface area contributed by atoms with Crippen LogP contribution in [-0.2, 0) is 0 Å². The predicted molar refractivity (Wildman–Crippen MR) is 100 cm³/mol. The largest absolute Gasteiger partial charge is 0.304 e. The van der Waals surface area contributed by atoms with Crippen molar-refractivity contribution in [2.24, 2.45) is 0 Å². The van der Waals surface area contributed by atoms with Crippen LogP contribution >= 0.6 is 0 Å². The minimum absolute atomic E-state index is 0.702. The maximum absolute atomic E-state index is 2.45. The van der Waals surface area contributed by atoms with Gasteiger partial charge in [0.15, 0.2) is 0 Å². The van der Waals surface area contributed by atoms with Crippen LogP contribution in [0, 0.1) is 0 Å². The molecular formula is C20H45N. The molecule has 0 heterocycles. The minimum atomic E-state index is 0.702. The molecule has 0 saturated carbocycles. The van der Waals surface area contributed by atoms with Crippen molar-refractivity contribution in [1.29, 1.82) is 0 Å². The summed E-state index contributed by atoms with van der Waals surface area (Å²) in [7, 11) is 2.24. The summed E-state index contributed by atoms with van der Waals surface area (Å²) >= 11 is 0. The molecule has 0 atom stereocenters. The molecule has 0 N–H and O–H groups in total. The Morgan fingerprint density at radius 1 is 0.619 bits per heavy atom. The SMILES string of the molecule is CC.CCCCCCCCCCCCCCN(C)C(C)C. The number of nitrogens with zero attached hydrogens (tertiary/aromatic N) is 1. The van der Waals surface area contributed by atoms with Gasteiger partial charge in [0, 0.05) is 6.04 Å². The van der Waals surface area contributed by atoms with Crippen LogP contribution in [0.4, 0.5) is 0 Å². The molecule has 130 valence electrons. The highest BCUT2D eigenvalue weighted by atomic mass is 15.1. The van der Waals surface area contributed by atoms with Crippen molar-refractivity contribution in [3.05, 3.63) is 0 Å². The molecule has 0 aliphatic heterocycles. The second-order valence-corrected chi connectivity index (χ2v) is 6.46. The first-order valence-corrected chi connectivity index (χ1v) is 9.88. The van der Waals surface area contributed by atoms with Crippen molar-refractivity contribution in [2.45, 2.75) is 118 Å². The highest BCUT2D eigenvalue weighted by Gasteiger charge is 2.01. The standard InChI is InChI=1S/C18H39N.C2H6/c1-5-6-7-8-9-10-11-12-13-14-15-16-17-19(4)18(2)3;1-2/h18H,5-17H2,1-4H3;1-2H3. The minimum Gasteiger partial charge on any atom is -0.304 e. The fraction of sp³-hybridized carbons (Fsp3) is 1.00. The summed E-state index contributed by atoms with van der Waals surface area (Å²) < 4.78 is 0. The Kier molecular flexibility index (Phi) is 22.1. The van der Waals surface area contributed by atoms with Crippen LogP contribution in [0.1, 0.15) is 112 Å². The van der Waals surface area contributed by atoms with Crippen LogP contribution in [0.25, 0.3) is 0 Å². The third kappa shape index (κ3) is 20.0. The molecule has 0 bridgehead atoms. The van der Waals surface area contributed by atoms with Crippen LogP contribution in [0.5, 0.6) is 0 Å². The van der Waals surface area contributed by atoms with E-state index in [0.717, 1.165) is 0 Å². The van der Waals surface area contributed by atoms with Crippen LogP contribution in [0.3, 0.4) is 0 Å². The van der Waals surface area contributed by atoms with Crippen LogP contribution in [-0.4, -0.2) is 24.5 Å². The molecule has 21 heavy (non-hydrogen) atoms. The van der Waals surface area contributed by atoms with E-state index in [9.17, 15) is 0 Å². The van der Waals surface area contributed by atoms with Gasteiger partial charge in [0.05, 0.1) is 0 Å². The zero-order valence-corrected chi connectivity index (χ0v) is 16.2. The molecule has 0 amide bonds. The van der Waals surface area contributed by atoms with Gasteiger partial charge in [0.1, 0.15) is 0 Å². The van der Waals surface area contributed by atoms with Gasteiger partial charge in [-0.3, -0.25) is 0 Å². The summed E-state index contributed by atoms with van der Waals surface area (Å²) in [6.45, 7) is 12.1. The molecule has 0 spiro atoms. The lowest BCUT2D eigenvalue weighted by Crippen LogP contribution is -2.27. The summed E-state index contributed by atoms with van der Waals surface area (Å²) in [5, 5.41) is 0. The van der Waals surface area contributed by atoms with E-state index in [4.69, 9.17) is 0 Å². The van der Waals surface area contributed by atoms with Gasteiger partial charge in [0.2, 0.25) is 0 Å². The van der Waals surface area contributed by atoms with Crippen LogP contribution in [0.2, 0.25) is 0 Å². The number of hydrogen-bond donors (Lipinski definition) is 0. The normalized spacial score (nSPS) is 10.9. The van der Waals surface area contributed by atoms with E-state index in [-0.39, 0.29) is 0 Å². The lowest BCUT2D eigenvalue weighted by Gasteiger charge is -2.20. The number of hydrogen-bond acceptors (Lipinski definition) is 1. The van der Waals surface area contributed by atoms with Gasteiger partial charge in [-0.1, -0.05) is 91.4 Å². The average Bonchev–Trinajstić information content (AvgIpc) is 2.50. The van der Waals surface area contributed by atoms with Crippen LogP contribution in [0.15, 0.2) is 0 Å². The molecule has 0 aromatic rings. The summed E-state index contributed by atoms with van der Waals surface area (Å²) in [6, 6.07) is 0.702. The average molecular weight is 300 g/mol. The van der Waals surface area contributed by atoms with Crippen molar-refractivity contribution in [3.8, 4) is 0 Å². The smallest absolute Gasteiger partial charge is 0.00355 e. The lowest BCUT2D eigenvalue weighted by molar-refractivity contribution is 0.267. The van der Waals surface area contributed by atoms with Gasteiger partial charge in [-0.2, -0.15) is 0 Å². The molecule has 0 radical (unpaired) electrons. The second-order valence-electron chi connectivity index (χ2n) is 6.46. The van der Waals surface area contributed by atoms with E-state index in [1.54, 1.807) is 0 Å². The molecule has 0 aliphatic carbocycles. The molecule has 1 nitrogen and oxygen atoms in total. The summed E-state index contributed by atoms with van der Waals surface area (Å²) in [4.78, 5) is 2.45. The summed E-state index contributed by atoms with van der Waals surface area (Å²) in [5.74, 6) is 0. The van der Waals surface area contributed by atoms with Crippen LogP contribution < -0.4 is 0 Å². The van der Waals surface area contributed by atoms with E-state index in [1.165, 1.54) is 83.6 Å². The predicted octanol–water partition coefficient (Wildman–Crippen LogP) is 7.05. The van der Waals surface area contributed by atoms with Crippen molar-refractivity contribution in [2.75, 3.05) is 13.6 Å². The van der Waals surface area contributed by atoms with Gasteiger partial charge in [-0.05, 0) is 33.9 Å². The first kappa shape index (κ1) is 23.2. The Hall–Kier alpha value is -0.0400. The van der Waals surface area contributed by atoms with Gasteiger partial charge in [-0.15, -0.1) is 0 Å². The molecule has 1 heteroatoms. The number of unbranched alkanes of at least 4 members (excludes halogenated alkanes) is 11. The Bertz CT molecular complexity index is 165. The van der Waals surface area contributed by atoms with E-state index >= 15 is 0 Å². The molecule has 0 aromatic carbocycles. The fourth-order valence-electron chi connectivity index (χ4n) is 2.46. The third-order valence-electron chi connectivity index (χ3n) is 4.25. The summed E-state index contributed by atoms with van der Waals surface area (Å²) in [6.07, 6.45) is 17.3. The zero-order valence-electron chi connectivity index (χ0n) is 16.2. The van der Waals surface area contributed by atoms with Crippen molar-refractivity contribution in [1.82, 2.24) is 4.90 Å². The Morgan fingerprint density at radius 3 is 1.29 bits per heavy atom. The molecule has 0 unspecified atom stereocenters. The number of rotatable bonds is 14. The summed E-state index contributed by atoms with van der Waals surface area (Å²) in [5.41, 5.74) is 0. The Balaban J connectivity index is 0. The highest BCUT2D eigenvalue weighted by Crippen LogP contribution is 2.12. The topological polar surface area (TPSA) is 3.24 Å². The molecule has 0 rings (SSSR count). The van der Waals surface area contributed by atoms with Gasteiger partial charge >= 0.3 is 0 Å². The molecule has 0 fully saturated rings. The third-order valence-corrected chi connectivity index (χ3v) is 4.25. The van der Waals surface area contributed by atoms with E-state index in [0.29, 0.717) is 6.04 Å². The van der Waals surface area contributed by atoms with Crippen molar-refractivity contribution < 1.29 is 0 Å². The van der Waals surface area contributed by atoms with E-state index in [2.05, 4.69) is 32.7 Å². The first-order chi connectivity index (χ1) is 10.2. The fourth-order valence-corrected chi connectivity index (χ4v) is 2.46. The molecule has 0 aliphatic rings.